The lowest BCUT2D eigenvalue weighted by Crippen LogP contribution is -2.61. The van der Waals surface area contributed by atoms with E-state index in [1.165, 1.54) is 0 Å². The van der Waals surface area contributed by atoms with Gasteiger partial charge in [0.2, 0.25) is 0 Å². The fourth-order valence-corrected chi connectivity index (χ4v) is 2.39. The Labute approximate surface area is 125 Å². The molecule has 0 amide bonds. The van der Waals surface area contributed by atoms with Gasteiger partial charge < -0.3 is 9.47 Å². The molecule has 0 fully saturated rings. The van der Waals surface area contributed by atoms with Crippen molar-refractivity contribution in [2.75, 3.05) is 28.3 Å². The highest BCUT2D eigenvalue weighted by Crippen LogP contribution is 2.32. The SMILES string of the molecule is CN[N+](NC)(c1ccc(OC)cc1)c1ccc(OC)cc1. The zero-order valence-corrected chi connectivity index (χ0v) is 12.9. The van der Waals surface area contributed by atoms with Gasteiger partial charge in [0.15, 0.2) is 11.4 Å². The van der Waals surface area contributed by atoms with Crippen LogP contribution in [0.2, 0.25) is 0 Å². The summed E-state index contributed by atoms with van der Waals surface area (Å²) in [4.78, 5) is 0. The molecule has 0 bridgehead atoms. The van der Waals surface area contributed by atoms with Crippen molar-refractivity contribution in [2.45, 2.75) is 0 Å². The third-order valence-electron chi connectivity index (χ3n) is 3.59. The topological polar surface area (TPSA) is 42.5 Å². The van der Waals surface area contributed by atoms with Crippen LogP contribution in [0.1, 0.15) is 0 Å². The zero-order chi connectivity index (χ0) is 15.3. The molecule has 0 aliphatic carbocycles. The molecule has 0 saturated heterocycles. The lowest BCUT2D eigenvalue weighted by atomic mass is 10.2. The molecule has 2 N–H and O–H groups in total. The van der Waals surface area contributed by atoms with Crippen molar-refractivity contribution < 1.29 is 9.47 Å². The summed E-state index contributed by atoms with van der Waals surface area (Å²) >= 11 is 0. The van der Waals surface area contributed by atoms with E-state index in [4.69, 9.17) is 9.47 Å². The molecule has 0 aliphatic rings. The van der Waals surface area contributed by atoms with Crippen molar-refractivity contribution >= 4 is 11.4 Å². The van der Waals surface area contributed by atoms with Crippen LogP contribution in [0, 0.1) is 0 Å². The van der Waals surface area contributed by atoms with Gasteiger partial charge in [-0.15, -0.1) is 15.6 Å². The minimum absolute atomic E-state index is 0.313. The molecule has 5 heteroatoms. The summed E-state index contributed by atoms with van der Waals surface area (Å²) in [5.41, 5.74) is 8.73. The predicted octanol–water partition coefficient (Wildman–Crippen LogP) is 2.61. The fourth-order valence-electron chi connectivity index (χ4n) is 2.39. The monoisotopic (exact) mass is 288 g/mol. The Hall–Kier alpha value is -2.08. The van der Waals surface area contributed by atoms with Gasteiger partial charge >= 0.3 is 0 Å². The molecule has 112 valence electrons. The van der Waals surface area contributed by atoms with Gasteiger partial charge in [-0.1, -0.05) is 0 Å². The molecule has 21 heavy (non-hydrogen) atoms. The minimum atomic E-state index is 0.313. The van der Waals surface area contributed by atoms with Crippen molar-refractivity contribution in [3.05, 3.63) is 48.5 Å². The molecule has 2 aromatic carbocycles. The standard InChI is InChI=1S/C16H22N3O2/c1-17-19(18-2,13-5-9-15(20-3)10-6-13)14-7-11-16(21-4)12-8-14/h5-12,17-18H,1-4H3/q+1. The van der Waals surface area contributed by atoms with Crippen LogP contribution in [-0.2, 0) is 0 Å². The van der Waals surface area contributed by atoms with Crippen LogP contribution in [0.5, 0.6) is 11.5 Å². The van der Waals surface area contributed by atoms with Crippen LogP contribution in [0.15, 0.2) is 48.5 Å². The first-order valence-corrected chi connectivity index (χ1v) is 6.76. The second-order valence-electron chi connectivity index (χ2n) is 4.51. The average molecular weight is 288 g/mol. The van der Waals surface area contributed by atoms with Crippen LogP contribution < -0.4 is 25.0 Å². The number of benzene rings is 2. The molecule has 0 aromatic heterocycles. The van der Waals surface area contributed by atoms with Gasteiger partial charge in [-0.25, -0.2) is 0 Å². The lowest BCUT2D eigenvalue weighted by Gasteiger charge is -2.33. The first-order valence-electron chi connectivity index (χ1n) is 6.76. The summed E-state index contributed by atoms with van der Waals surface area (Å²) < 4.78 is 10.8. The van der Waals surface area contributed by atoms with Crippen LogP contribution in [-0.4, -0.2) is 28.3 Å². The van der Waals surface area contributed by atoms with E-state index in [9.17, 15) is 0 Å². The van der Waals surface area contributed by atoms with Gasteiger partial charge in [0.1, 0.15) is 11.5 Å². The molecule has 0 atom stereocenters. The number of nitrogens with zero attached hydrogens (tertiary/aromatic N) is 1. The summed E-state index contributed by atoms with van der Waals surface area (Å²) in [6.07, 6.45) is 0. The maximum absolute atomic E-state index is 5.22. The molecule has 0 unspecified atom stereocenters. The Morgan fingerprint density at radius 3 is 1.24 bits per heavy atom. The number of methoxy groups -OCH3 is 2. The van der Waals surface area contributed by atoms with E-state index < -0.39 is 0 Å². The molecule has 2 aromatic rings. The quantitative estimate of drug-likeness (QED) is 0.633. The highest BCUT2D eigenvalue weighted by Gasteiger charge is 2.31. The second kappa shape index (κ2) is 6.58. The zero-order valence-electron chi connectivity index (χ0n) is 12.9. The molecule has 2 rings (SSSR count). The molecule has 5 nitrogen and oxygen atoms in total. The summed E-state index contributed by atoms with van der Waals surface area (Å²) in [7, 11) is 7.14. The summed E-state index contributed by atoms with van der Waals surface area (Å²) in [5.74, 6) is 1.66. The van der Waals surface area contributed by atoms with Crippen LogP contribution in [0.25, 0.3) is 0 Å². The highest BCUT2D eigenvalue weighted by molar-refractivity contribution is 5.58. The lowest BCUT2D eigenvalue weighted by molar-refractivity contribution is 0.239. The summed E-state index contributed by atoms with van der Waals surface area (Å²) in [6, 6.07) is 15.9. The van der Waals surface area contributed by atoms with E-state index in [0.29, 0.717) is 4.70 Å². The normalized spacial score (nSPS) is 11.2. The Morgan fingerprint density at radius 1 is 0.667 bits per heavy atom. The van der Waals surface area contributed by atoms with Crippen molar-refractivity contribution in [1.82, 2.24) is 15.6 Å². The molecule has 0 aliphatic heterocycles. The van der Waals surface area contributed by atoms with Crippen molar-refractivity contribution in [3.8, 4) is 11.5 Å². The largest absolute Gasteiger partial charge is 0.497 e. The number of ether oxygens (including phenoxy) is 2. The van der Waals surface area contributed by atoms with E-state index in [1.807, 2.05) is 62.6 Å². The number of quaternary nitrogens is 1. The Morgan fingerprint density at radius 2 is 1.00 bits per heavy atom. The smallest absolute Gasteiger partial charge is 0.177 e. The minimum Gasteiger partial charge on any atom is -0.497 e. The molecule has 0 radical (unpaired) electrons. The number of hydrogen-bond donors (Lipinski definition) is 2. The van der Waals surface area contributed by atoms with Crippen molar-refractivity contribution in [2.24, 2.45) is 0 Å². The Balaban J connectivity index is 2.46. The van der Waals surface area contributed by atoms with Crippen LogP contribution in [0.3, 0.4) is 0 Å². The van der Waals surface area contributed by atoms with Gasteiger partial charge in [0.25, 0.3) is 0 Å². The third-order valence-corrected chi connectivity index (χ3v) is 3.59. The summed E-state index contributed by atoms with van der Waals surface area (Å²) in [5, 5.41) is 0. The van der Waals surface area contributed by atoms with E-state index in [0.717, 1.165) is 22.9 Å². The van der Waals surface area contributed by atoms with Gasteiger partial charge in [-0.05, 0) is 24.3 Å². The molecular formula is C16H22N3O2+. The number of rotatable bonds is 6. The van der Waals surface area contributed by atoms with E-state index in [2.05, 4.69) is 10.9 Å². The maximum atomic E-state index is 5.22. The van der Waals surface area contributed by atoms with Gasteiger partial charge in [0.05, 0.1) is 14.2 Å². The number of nitrogens with one attached hydrogen (secondary N) is 2. The van der Waals surface area contributed by atoms with E-state index >= 15 is 0 Å². The van der Waals surface area contributed by atoms with Crippen molar-refractivity contribution in [1.29, 1.82) is 0 Å². The first-order chi connectivity index (χ1) is 10.2. The van der Waals surface area contributed by atoms with Gasteiger partial charge in [0, 0.05) is 38.4 Å². The van der Waals surface area contributed by atoms with Gasteiger partial charge in [-0.3, -0.25) is 0 Å². The fraction of sp³-hybridized carbons (Fsp3) is 0.250. The second-order valence-corrected chi connectivity index (χ2v) is 4.51. The van der Waals surface area contributed by atoms with Gasteiger partial charge in [-0.2, -0.15) is 0 Å². The molecule has 0 spiro atoms. The van der Waals surface area contributed by atoms with Crippen LogP contribution in [0.4, 0.5) is 11.4 Å². The molecular weight excluding hydrogens is 266 g/mol. The average Bonchev–Trinajstić information content (AvgIpc) is 2.57. The molecule has 0 heterocycles. The summed E-state index contributed by atoms with van der Waals surface area (Å²) in [6.45, 7) is 0. The third kappa shape index (κ3) is 2.85. The maximum Gasteiger partial charge on any atom is 0.177 e. The Kier molecular flexibility index (Phi) is 4.80. The highest BCUT2D eigenvalue weighted by atomic mass is 16.5. The predicted molar refractivity (Wildman–Crippen MR) is 85.6 cm³/mol. The van der Waals surface area contributed by atoms with Crippen molar-refractivity contribution in [3.63, 3.8) is 0 Å². The number of hydrogen-bond acceptors (Lipinski definition) is 4. The molecule has 0 saturated carbocycles. The van der Waals surface area contributed by atoms with Crippen LogP contribution >= 0.6 is 0 Å². The first kappa shape index (κ1) is 15.3. The van der Waals surface area contributed by atoms with E-state index in [-0.39, 0.29) is 0 Å². The van der Waals surface area contributed by atoms with E-state index in [1.54, 1.807) is 14.2 Å². The Bertz CT molecular complexity index is 514.